The molecule has 0 radical (unpaired) electrons. The molecule has 0 aliphatic heterocycles. The van der Waals surface area contributed by atoms with E-state index in [4.69, 9.17) is 5.73 Å². The highest BCUT2D eigenvalue weighted by molar-refractivity contribution is 5.85. The second-order valence-corrected chi connectivity index (χ2v) is 5.15. The molecular formula is C11H22N2O. The molecule has 1 aliphatic carbocycles. The number of rotatable bonds is 2. The molecule has 1 rings (SSSR count). The minimum Gasteiger partial charge on any atom is -0.352 e. The molecule has 3 heteroatoms. The number of carbonyl (C=O) groups is 1. The van der Waals surface area contributed by atoms with Gasteiger partial charge in [-0.2, -0.15) is 0 Å². The average Bonchev–Trinajstić information content (AvgIpc) is 2.07. The van der Waals surface area contributed by atoms with Crippen LogP contribution in [0.2, 0.25) is 0 Å². The number of carbonyl (C=O) groups excluding carboxylic acids is 1. The monoisotopic (exact) mass is 198 g/mol. The molecule has 0 aromatic heterocycles. The zero-order valence-electron chi connectivity index (χ0n) is 9.47. The second kappa shape index (κ2) is 4.30. The molecule has 1 amide bonds. The summed E-state index contributed by atoms with van der Waals surface area (Å²) in [6, 6.07) is 0.349. The van der Waals surface area contributed by atoms with Crippen LogP contribution in [0.3, 0.4) is 0 Å². The number of nitrogens with two attached hydrogens (primary N) is 1. The third kappa shape index (κ3) is 3.29. The third-order valence-corrected chi connectivity index (χ3v) is 2.94. The molecule has 0 aromatic rings. The van der Waals surface area contributed by atoms with Crippen molar-refractivity contribution in [3.63, 3.8) is 0 Å². The fourth-order valence-corrected chi connectivity index (χ4v) is 1.78. The lowest BCUT2D eigenvalue weighted by molar-refractivity contribution is -0.126. The molecule has 1 saturated carbocycles. The highest BCUT2D eigenvalue weighted by Gasteiger charge is 2.26. The molecule has 82 valence electrons. The summed E-state index contributed by atoms with van der Waals surface area (Å²) in [5.74, 6) is 0.783. The van der Waals surface area contributed by atoms with Gasteiger partial charge < -0.3 is 11.1 Å². The van der Waals surface area contributed by atoms with Crippen LogP contribution in [-0.4, -0.2) is 17.5 Å². The fraction of sp³-hybridized carbons (Fsp3) is 0.909. The maximum absolute atomic E-state index is 11.6. The molecule has 0 atom stereocenters. The molecule has 0 bridgehead atoms. The first-order valence-electron chi connectivity index (χ1n) is 5.49. The Morgan fingerprint density at radius 1 is 1.29 bits per heavy atom. The van der Waals surface area contributed by atoms with Gasteiger partial charge in [-0.1, -0.05) is 6.92 Å². The van der Waals surface area contributed by atoms with Gasteiger partial charge in [0.25, 0.3) is 0 Å². The normalized spacial score (nSPS) is 28.6. The maximum Gasteiger partial charge on any atom is 0.239 e. The van der Waals surface area contributed by atoms with Crippen LogP contribution in [-0.2, 0) is 4.79 Å². The third-order valence-electron chi connectivity index (χ3n) is 2.94. The predicted molar refractivity (Wildman–Crippen MR) is 57.8 cm³/mol. The van der Waals surface area contributed by atoms with Crippen LogP contribution >= 0.6 is 0 Å². The molecule has 3 N–H and O–H groups in total. The van der Waals surface area contributed by atoms with Gasteiger partial charge in [0.1, 0.15) is 0 Å². The lowest BCUT2D eigenvalue weighted by atomic mass is 9.87. The Morgan fingerprint density at radius 2 is 1.79 bits per heavy atom. The van der Waals surface area contributed by atoms with Gasteiger partial charge in [0.05, 0.1) is 5.54 Å². The summed E-state index contributed by atoms with van der Waals surface area (Å²) < 4.78 is 0. The van der Waals surface area contributed by atoms with E-state index in [2.05, 4.69) is 12.2 Å². The van der Waals surface area contributed by atoms with E-state index in [0.717, 1.165) is 18.8 Å². The molecule has 1 aliphatic rings. The van der Waals surface area contributed by atoms with E-state index in [1.165, 1.54) is 12.8 Å². The van der Waals surface area contributed by atoms with Crippen LogP contribution in [0, 0.1) is 5.92 Å². The van der Waals surface area contributed by atoms with E-state index >= 15 is 0 Å². The van der Waals surface area contributed by atoms with Crippen molar-refractivity contribution in [1.29, 1.82) is 0 Å². The van der Waals surface area contributed by atoms with Crippen molar-refractivity contribution in [1.82, 2.24) is 5.32 Å². The van der Waals surface area contributed by atoms with Gasteiger partial charge in [-0.25, -0.2) is 0 Å². The van der Waals surface area contributed by atoms with Gasteiger partial charge in [-0.3, -0.25) is 4.79 Å². The van der Waals surface area contributed by atoms with Crippen molar-refractivity contribution in [3.05, 3.63) is 0 Å². The molecule has 0 spiro atoms. The lowest BCUT2D eigenvalue weighted by Crippen LogP contribution is -2.52. The van der Waals surface area contributed by atoms with Gasteiger partial charge in [-0.15, -0.1) is 0 Å². The topological polar surface area (TPSA) is 55.1 Å². The van der Waals surface area contributed by atoms with Crippen LogP contribution in [0.15, 0.2) is 0 Å². The molecule has 0 heterocycles. The first-order chi connectivity index (χ1) is 6.39. The van der Waals surface area contributed by atoms with Crippen LogP contribution in [0.4, 0.5) is 0 Å². The van der Waals surface area contributed by atoms with E-state index in [1.54, 1.807) is 13.8 Å². The Balaban J connectivity index is 2.35. The Kier molecular flexibility index (Phi) is 3.53. The summed E-state index contributed by atoms with van der Waals surface area (Å²) in [6.45, 7) is 5.76. The van der Waals surface area contributed by atoms with E-state index in [0.29, 0.717) is 6.04 Å². The van der Waals surface area contributed by atoms with E-state index in [9.17, 15) is 4.79 Å². The second-order valence-electron chi connectivity index (χ2n) is 5.15. The Labute approximate surface area is 86.4 Å². The predicted octanol–water partition coefficient (Wildman–Crippen LogP) is 1.42. The summed E-state index contributed by atoms with van der Waals surface area (Å²) in [4.78, 5) is 11.6. The highest BCUT2D eigenvalue weighted by Crippen LogP contribution is 2.23. The van der Waals surface area contributed by atoms with Crippen LogP contribution in [0.25, 0.3) is 0 Å². The summed E-state index contributed by atoms with van der Waals surface area (Å²) >= 11 is 0. The molecule has 0 saturated heterocycles. The molecule has 1 fully saturated rings. The standard InChI is InChI=1S/C11H22N2O/c1-8-4-6-9(7-5-8)13-10(14)11(2,3)12/h8-9H,4-7,12H2,1-3H3,(H,13,14). The summed E-state index contributed by atoms with van der Waals surface area (Å²) in [7, 11) is 0. The van der Waals surface area contributed by atoms with Crippen molar-refractivity contribution in [2.24, 2.45) is 11.7 Å². The van der Waals surface area contributed by atoms with E-state index in [-0.39, 0.29) is 5.91 Å². The molecule has 0 aromatic carbocycles. The number of hydrogen-bond donors (Lipinski definition) is 2. The molecule has 3 nitrogen and oxygen atoms in total. The van der Waals surface area contributed by atoms with Gasteiger partial charge in [0, 0.05) is 6.04 Å². The van der Waals surface area contributed by atoms with Crippen molar-refractivity contribution in [3.8, 4) is 0 Å². The van der Waals surface area contributed by atoms with Crippen molar-refractivity contribution < 1.29 is 4.79 Å². The zero-order valence-corrected chi connectivity index (χ0v) is 9.47. The summed E-state index contributed by atoms with van der Waals surface area (Å²) in [5.41, 5.74) is 4.96. The van der Waals surface area contributed by atoms with Crippen LogP contribution in [0.5, 0.6) is 0 Å². The molecule has 0 unspecified atom stereocenters. The minimum absolute atomic E-state index is 0.0305. The number of amides is 1. The summed E-state index contributed by atoms with van der Waals surface area (Å²) in [6.07, 6.45) is 4.64. The first kappa shape index (κ1) is 11.5. The van der Waals surface area contributed by atoms with Gasteiger partial charge in [0.2, 0.25) is 5.91 Å². The zero-order chi connectivity index (χ0) is 10.8. The quantitative estimate of drug-likeness (QED) is 0.705. The number of nitrogens with one attached hydrogen (secondary N) is 1. The lowest BCUT2D eigenvalue weighted by Gasteiger charge is -2.29. The fourth-order valence-electron chi connectivity index (χ4n) is 1.78. The Morgan fingerprint density at radius 3 is 2.21 bits per heavy atom. The van der Waals surface area contributed by atoms with Crippen LogP contribution < -0.4 is 11.1 Å². The van der Waals surface area contributed by atoms with Crippen LogP contribution in [0.1, 0.15) is 46.5 Å². The number of hydrogen-bond acceptors (Lipinski definition) is 2. The average molecular weight is 198 g/mol. The van der Waals surface area contributed by atoms with Crippen molar-refractivity contribution >= 4 is 5.91 Å². The Hall–Kier alpha value is -0.570. The summed E-state index contributed by atoms with van der Waals surface area (Å²) in [5, 5.41) is 3.02. The minimum atomic E-state index is -0.747. The smallest absolute Gasteiger partial charge is 0.239 e. The molecule has 14 heavy (non-hydrogen) atoms. The Bertz CT molecular complexity index is 200. The largest absolute Gasteiger partial charge is 0.352 e. The van der Waals surface area contributed by atoms with Crippen molar-refractivity contribution in [2.75, 3.05) is 0 Å². The van der Waals surface area contributed by atoms with Gasteiger partial charge in [0.15, 0.2) is 0 Å². The van der Waals surface area contributed by atoms with Gasteiger partial charge >= 0.3 is 0 Å². The SMILES string of the molecule is CC1CCC(NC(=O)C(C)(C)N)CC1. The van der Waals surface area contributed by atoms with Gasteiger partial charge in [-0.05, 0) is 45.4 Å². The maximum atomic E-state index is 11.6. The highest BCUT2D eigenvalue weighted by atomic mass is 16.2. The first-order valence-corrected chi connectivity index (χ1v) is 5.49. The van der Waals surface area contributed by atoms with E-state index in [1.807, 2.05) is 0 Å². The molecular weight excluding hydrogens is 176 g/mol. The van der Waals surface area contributed by atoms with Crippen molar-refractivity contribution in [2.45, 2.75) is 58.0 Å². The van der Waals surface area contributed by atoms with E-state index < -0.39 is 5.54 Å².